The standard InChI is InChI=1S/C27H30ClN/c1-21-17-18-25(27(28)20-21)15-8-14-24-13-6-7-16-26(24)22(2)29-19-9-12-23-10-4-3-5-11-23/h3-7,10-11,13,16-18,20,29H,2,8-9,12,14-15,19H2,1H3. The Morgan fingerprint density at radius 2 is 1.55 bits per heavy atom. The summed E-state index contributed by atoms with van der Waals surface area (Å²) < 4.78 is 0. The number of hydrogen-bond donors (Lipinski definition) is 1. The van der Waals surface area contributed by atoms with Gasteiger partial charge in [-0.3, -0.25) is 0 Å². The van der Waals surface area contributed by atoms with Gasteiger partial charge in [0.2, 0.25) is 0 Å². The van der Waals surface area contributed by atoms with E-state index in [1.807, 2.05) is 6.07 Å². The molecule has 1 nitrogen and oxygen atoms in total. The van der Waals surface area contributed by atoms with Crippen molar-refractivity contribution in [2.75, 3.05) is 6.54 Å². The number of aryl methyl sites for hydroxylation is 4. The fourth-order valence-electron chi connectivity index (χ4n) is 3.63. The molecule has 0 atom stereocenters. The summed E-state index contributed by atoms with van der Waals surface area (Å²) >= 11 is 6.38. The lowest BCUT2D eigenvalue weighted by molar-refractivity contribution is 0.760. The van der Waals surface area contributed by atoms with Crippen molar-refractivity contribution >= 4 is 17.3 Å². The highest BCUT2D eigenvalue weighted by Gasteiger charge is 2.07. The highest BCUT2D eigenvalue weighted by molar-refractivity contribution is 6.31. The largest absolute Gasteiger partial charge is 0.385 e. The predicted octanol–water partition coefficient (Wildman–Crippen LogP) is 7.02. The first kappa shape index (κ1) is 21.2. The smallest absolute Gasteiger partial charge is 0.0440 e. The average Bonchev–Trinajstić information content (AvgIpc) is 2.74. The van der Waals surface area contributed by atoms with Crippen molar-refractivity contribution in [2.24, 2.45) is 0 Å². The molecule has 3 aromatic carbocycles. The summed E-state index contributed by atoms with van der Waals surface area (Å²) in [4.78, 5) is 0. The van der Waals surface area contributed by atoms with Gasteiger partial charge < -0.3 is 5.32 Å². The van der Waals surface area contributed by atoms with Gasteiger partial charge in [0.1, 0.15) is 0 Å². The van der Waals surface area contributed by atoms with Gasteiger partial charge in [-0.25, -0.2) is 0 Å². The zero-order valence-electron chi connectivity index (χ0n) is 17.3. The number of rotatable bonds is 10. The Kier molecular flexibility index (Phi) is 7.95. The van der Waals surface area contributed by atoms with Crippen LogP contribution < -0.4 is 5.32 Å². The molecule has 0 radical (unpaired) electrons. The monoisotopic (exact) mass is 403 g/mol. The first-order valence-electron chi connectivity index (χ1n) is 10.4. The molecule has 3 rings (SSSR count). The molecule has 0 heterocycles. The van der Waals surface area contributed by atoms with E-state index in [2.05, 4.69) is 85.5 Å². The van der Waals surface area contributed by atoms with E-state index < -0.39 is 0 Å². The molecule has 0 spiro atoms. The van der Waals surface area contributed by atoms with Crippen LogP contribution in [0.25, 0.3) is 5.70 Å². The number of halogens is 1. The molecule has 1 N–H and O–H groups in total. The molecular weight excluding hydrogens is 374 g/mol. The Bertz CT molecular complexity index is 930. The van der Waals surface area contributed by atoms with Crippen molar-refractivity contribution < 1.29 is 0 Å². The third-order valence-corrected chi connectivity index (χ3v) is 5.62. The van der Waals surface area contributed by atoms with Crippen molar-refractivity contribution in [1.29, 1.82) is 0 Å². The highest BCUT2D eigenvalue weighted by atomic mass is 35.5. The fraction of sp³-hybridized carbons (Fsp3) is 0.259. The van der Waals surface area contributed by atoms with Crippen molar-refractivity contribution in [3.05, 3.63) is 112 Å². The van der Waals surface area contributed by atoms with Crippen LogP contribution in [0.2, 0.25) is 5.02 Å². The lowest BCUT2D eigenvalue weighted by Crippen LogP contribution is -2.15. The zero-order valence-corrected chi connectivity index (χ0v) is 18.0. The fourth-order valence-corrected chi connectivity index (χ4v) is 3.96. The summed E-state index contributed by atoms with van der Waals surface area (Å²) in [6, 6.07) is 25.5. The second-order valence-corrected chi connectivity index (χ2v) is 8.01. The van der Waals surface area contributed by atoms with Gasteiger partial charge in [0.15, 0.2) is 0 Å². The Hall–Kier alpha value is -2.51. The third-order valence-electron chi connectivity index (χ3n) is 5.27. The van der Waals surface area contributed by atoms with Gasteiger partial charge in [-0.2, -0.15) is 0 Å². The first-order valence-corrected chi connectivity index (χ1v) is 10.8. The lowest BCUT2D eigenvalue weighted by atomic mass is 9.98. The maximum atomic E-state index is 6.38. The van der Waals surface area contributed by atoms with Crippen LogP contribution in [0.1, 0.15) is 40.7 Å². The van der Waals surface area contributed by atoms with E-state index in [0.29, 0.717) is 0 Å². The average molecular weight is 404 g/mol. The number of hydrogen-bond acceptors (Lipinski definition) is 1. The Morgan fingerprint density at radius 1 is 0.828 bits per heavy atom. The molecule has 150 valence electrons. The number of benzene rings is 3. The van der Waals surface area contributed by atoms with Gasteiger partial charge in [0.25, 0.3) is 0 Å². The second-order valence-electron chi connectivity index (χ2n) is 7.60. The van der Waals surface area contributed by atoms with Crippen LogP contribution in [0, 0.1) is 6.92 Å². The van der Waals surface area contributed by atoms with Crippen molar-refractivity contribution in [2.45, 2.75) is 39.0 Å². The van der Waals surface area contributed by atoms with Crippen LogP contribution in [0.3, 0.4) is 0 Å². The van der Waals surface area contributed by atoms with Gasteiger partial charge in [-0.15, -0.1) is 0 Å². The van der Waals surface area contributed by atoms with Crippen LogP contribution >= 0.6 is 11.6 Å². The van der Waals surface area contributed by atoms with Crippen molar-refractivity contribution in [3.63, 3.8) is 0 Å². The highest BCUT2D eigenvalue weighted by Crippen LogP contribution is 2.22. The third kappa shape index (κ3) is 6.51. The van der Waals surface area contributed by atoms with E-state index >= 15 is 0 Å². The van der Waals surface area contributed by atoms with Crippen LogP contribution in [0.5, 0.6) is 0 Å². The lowest BCUT2D eigenvalue weighted by Gasteiger charge is -2.14. The topological polar surface area (TPSA) is 12.0 Å². The molecule has 0 aromatic heterocycles. The summed E-state index contributed by atoms with van der Waals surface area (Å²) in [6.07, 6.45) is 5.26. The summed E-state index contributed by atoms with van der Waals surface area (Å²) in [7, 11) is 0. The molecule has 0 saturated carbocycles. The maximum Gasteiger partial charge on any atom is 0.0440 e. The van der Waals surface area contributed by atoms with Crippen LogP contribution in [0.4, 0.5) is 0 Å². The van der Waals surface area contributed by atoms with Gasteiger partial charge >= 0.3 is 0 Å². The predicted molar refractivity (Wildman–Crippen MR) is 126 cm³/mol. The molecule has 0 saturated heterocycles. The minimum atomic E-state index is 0.878. The summed E-state index contributed by atoms with van der Waals surface area (Å²) in [6.45, 7) is 7.29. The minimum absolute atomic E-state index is 0.878. The van der Waals surface area contributed by atoms with E-state index in [4.69, 9.17) is 11.6 Å². The Morgan fingerprint density at radius 3 is 2.34 bits per heavy atom. The molecule has 0 aliphatic carbocycles. The maximum absolute atomic E-state index is 6.38. The molecule has 0 amide bonds. The molecule has 2 heteroatoms. The molecule has 0 unspecified atom stereocenters. The van der Waals surface area contributed by atoms with Gasteiger partial charge in [-0.1, -0.05) is 84.9 Å². The first-order chi connectivity index (χ1) is 14.1. The van der Waals surface area contributed by atoms with E-state index in [1.165, 1.54) is 27.8 Å². The number of nitrogens with one attached hydrogen (secondary N) is 1. The van der Waals surface area contributed by atoms with Crippen LogP contribution in [0.15, 0.2) is 79.4 Å². The van der Waals surface area contributed by atoms with Gasteiger partial charge in [-0.05, 0) is 67.3 Å². The van der Waals surface area contributed by atoms with E-state index in [9.17, 15) is 0 Å². The van der Waals surface area contributed by atoms with E-state index in [0.717, 1.165) is 49.4 Å². The second kappa shape index (κ2) is 10.9. The quantitative estimate of drug-likeness (QED) is 0.359. The molecule has 0 aliphatic rings. The Balaban J connectivity index is 1.50. The van der Waals surface area contributed by atoms with Crippen molar-refractivity contribution in [3.8, 4) is 0 Å². The molecule has 0 aliphatic heterocycles. The normalized spacial score (nSPS) is 10.7. The minimum Gasteiger partial charge on any atom is -0.385 e. The zero-order chi connectivity index (χ0) is 20.5. The SMILES string of the molecule is C=C(NCCCc1ccccc1)c1ccccc1CCCc1ccc(C)cc1Cl. The Labute approximate surface area is 180 Å². The van der Waals surface area contributed by atoms with Crippen LogP contribution in [-0.4, -0.2) is 6.54 Å². The summed E-state index contributed by atoms with van der Waals surface area (Å²) in [5.41, 5.74) is 7.40. The summed E-state index contributed by atoms with van der Waals surface area (Å²) in [5, 5.41) is 4.40. The molecule has 0 fully saturated rings. The molecule has 3 aromatic rings. The van der Waals surface area contributed by atoms with Gasteiger partial charge in [0, 0.05) is 22.8 Å². The van der Waals surface area contributed by atoms with E-state index in [1.54, 1.807) is 0 Å². The molecular formula is C27H30ClN. The summed E-state index contributed by atoms with van der Waals surface area (Å²) in [5.74, 6) is 0. The van der Waals surface area contributed by atoms with E-state index in [-0.39, 0.29) is 0 Å². The van der Waals surface area contributed by atoms with Crippen LogP contribution in [-0.2, 0) is 19.3 Å². The molecule has 0 bridgehead atoms. The van der Waals surface area contributed by atoms with Crippen molar-refractivity contribution in [1.82, 2.24) is 5.32 Å². The molecule has 29 heavy (non-hydrogen) atoms. The van der Waals surface area contributed by atoms with Gasteiger partial charge in [0.05, 0.1) is 0 Å².